The van der Waals surface area contributed by atoms with Crippen LogP contribution in [0.25, 0.3) is 0 Å². The van der Waals surface area contributed by atoms with Gasteiger partial charge in [0.2, 0.25) is 0 Å². The van der Waals surface area contributed by atoms with Crippen molar-refractivity contribution in [2.75, 3.05) is 7.05 Å². The molecule has 0 aromatic carbocycles. The smallest absolute Gasteiger partial charge is 0.320 e. The van der Waals surface area contributed by atoms with Crippen LogP contribution in [-0.2, 0) is 11.2 Å². The van der Waals surface area contributed by atoms with Gasteiger partial charge in [-0.25, -0.2) is 0 Å². The number of rotatable bonds is 5. The lowest BCUT2D eigenvalue weighted by atomic mass is 10.1. The van der Waals surface area contributed by atoms with Crippen molar-refractivity contribution in [1.82, 2.24) is 10.3 Å². The van der Waals surface area contributed by atoms with E-state index >= 15 is 0 Å². The van der Waals surface area contributed by atoms with Gasteiger partial charge in [0.15, 0.2) is 0 Å². The standard InChI is InChI=1S/C9H14N2O2/c1-10-8(9(12)13)5-4-7-3-2-6-11-7/h2-3,6,8,10-11H,4-5H2,1H3,(H,12,13). The van der Waals surface area contributed by atoms with E-state index in [-0.39, 0.29) is 0 Å². The molecule has 1 aromatic rings. The lowest BCUT2D eigenvalue weighted by molar-refractivity contribution is -0.139. The summed E-state index contributed by atoms with van der Waals surface area (Å²) in [5, 5.41) is 11.5. The number of aromatic nitrogens is 1. The molecule has 1 rings (SSSR count). The quantitative estimate of drug-likeness (QED) is 0.625. The molecule has 0 spiro atoms. The van der Waals surface area contributed by atoms with Crippen molar-refractivity contribution in [2.45, 2.75) is 18.9 Å². The Morgan fingerprint density at radius 2 is 2.54 bits per heavy atom. The molecule has 0 aliphatic heterocycles. The summed E-state index contributed by atoms with van der Waals surface area (Å²) in [4.78, 5) is 13.7. The van der Waals surface area contributed by atoms with E-state index in [0.717, 1.165) is 12.1 Å². The predicted molar refractivity (Wildman–Crippen MR) is 49.6 cm³/mol. The molecule has 4 heteroatoms. The molecule has 0 radical (unpaired) electrons. The molecular formula is C9H14N2O2. The maximum Gasteiger partial charge on any atom is 0.320 e. The Morgan fingerprint density at radius 3 is 3.00 bits per heavy atom. The average molecular weight is 182 g/mol. The summed E-state index contributed by atoms with van der Waals surface area (Å²) in [6.45, 7) is 0. The second-order valence-corrected chi connectivity index (χ2v) is 2.91. The van der Waals surface area contributed by atoms with Crippen molar-refractivity contribution in [1.29, 1.82) is 0 Å². The van der Waals surface area contributed by atoms with Crippen LogP contribution in [0.1, 0.15) is 12.1 Å². The number of aliphatic carboxylic acids is 1. The van der Waals surface area contributed by atoms with Crippen molar-refractivity contribution in [3.05, 3.63) is 24.0 Å². The largest absolute Gasteiger partial charge is 0.480 e. The number of aryl methyl sites for hydroxylation is 1. The summed E-state index contributed by atoms with van der Waals surface area (Å²) in [7, 11) is 1.66. The fourth-order valence-electron chi connectivity index (χ4n) is 1.21. The first-order chi connectivity index (χ1) is 6.24. The molecule has 0 fully saturated rings. The van der Waals surface area contributed by atoms with E-state index in [9.17, 15) is 4.79 Å². The maximum absolute atomic E-state index is 10.6. The van der Waals surface area contributed by atoms with E-state index in [0.29, 0.717) is 6.42 Å². The third-order valence-electron chi connectivity index (χ3n) is 2.01. The molecule has 1 aromatic heterocycles. The predicted octanol–water partition coefficient (Wildman–Crippen LogP) is 0.620. The summed E-state index contributed by atoms with van der Waals surface area (Å²) in [6.07, 6.45) is 3.20. The number of nitrogens with one attached hydrogen (secondary N) is 2. The summed E-state index contributed by atoms with van der Waals surface area (Å²) in [5.74, 6) is -0.797. The molecule has 0 aliphatic carbocycles. The minimum absolute atomic E-state index is 0.455. The number of aromatic amines is 1. The highest BCUT2D eigenvalue weighted by molar-refractivity contribution is 5.73. The number of hydrogen-bond acceptors (Lipinski definition) is 2. The van der Waals surface area contributed by atoms with Crippen molar-refractivity contribution in [3.8, 4) is 0 Å². The molecule has 0 bridgehead atoms. The topological polar surface area (TPSA) is 65.1 Å². The first-order valence-corrected chi connectivity index (χ1v) is 4.26. The van der Waals surface area contributed by atoms with Gasteiger partial charge in [-0.15, -0.1) is 0 Å². The molecule has 0 saturated carbocycles. The maximum atomic E-state index is 10.6. The fourth-order valence-corrected chi connectivity index (χ4v) is 1.21. The van der Waals surface area contributed by atoms with Gasteiger partial charge in [0, 0.05) is 11.9 Å². The van der Waals surface area contributed by atoms with Crippen LogP contribution in [0, 0.1) is 0 Å². The van der Waals surface area contributed by atoms with Crippen LogP contribution < -0.4 is 5.32 Å². The van der Waals surface area contributed by atoms with Crippen LogP contribution in [0.5, 0.6) is 0 Å². The van der Waals surface area contributed by atoms with Crippen molar-refractivity contribution in [3.63, 3.8) is 0 Å². The van der Waals surface area contributed by atoms with Gasteiger partial charge in [0.25, 0.3) is 0 Å². The Morgan fingerprint density at radius 1 is 1.77 bits per heavy atom. The van der Waals surface area contributed by atoms with E-state index in [1.165, 1.54) is 0 Å². The average Bonchev–Trinajstić information content (AvgIpc) is 2.57. The Balaban J connectivity index is 2.36. The van der Waals surface area contributed by atoms with Gasteiger partial charge in [-0.2, -0.15) is 0 Å². The monoisotopic (exact) mass is 182 g/mol. The summed E-state index contributed by atoms with van der Waals surface area (Å²) >= 11 is 0. The molecule has 3 N–H and O–H groups in total. The molecule has 0 aliphatic rings. The Kier molecular flexibility index (Phi) is 3.52. The molecule has 1 atom stereocenters. The van der Waals surface area contributed by atoms with Gasteiger partial charge in [0.05, 0.1) is 0 Å². The van der Waals surface area contributed by atoms with Crippen LogP contribution in [0.15, 0.2) is 18.3 Å². The van der Waals surface area contributed by atoms with E-state index in [1.54, 1.807) is 7.05 Å². The van der Waals surface area contributed by atoms with Gasteiger partial charge < -0.3 is 15.4 Å². The zero-order valence-electron chi connectivity index (χ0n) is 7.58. The van der Waals surface area contributed by atoms with Gasteiger partial charge in [-0.3, -0.25) is 4.79 Å². The Bertz CT molecular complexity index is 257. The molecule has 0 saturated heterocycles. The van der Waals surface area contributed by atoms with Crippen LogP contribution in [0.3, 0.4) is 0 Å². The minimum Gasteiger partial charge on any atom is -0.480 e. The SMILES string of the molecule is CNC(CCc1ccc[nH]1)C(=O)O. The zero-order valence-corrected chi connectivity index (χ0v) is 7.58. The first-order valence-electron chi connectivity index (χ1n) is 4.26. The van der Waals surface area contributed by atoms with Gasteiger partial charge in [0.1, 0.15) is 6.04 Å². The molecule has 72 valence electrons. The van der Waals surface area contributed by atoms with E-state index in [2.05, 4.69) is 10.3 Å². The summed E-state index contributed by atoms with van der Waals surface area (Å²) in [6, 6.07) is 3.40. The lowest BCUT2D eigenvalue weighted by Gasteiger charge is -2.09. The first kappa shape index (κ1) is 9.80. The normalized spacial score (nSPS) is 12.7. The number of carboxylic acid groups (broad SMARTS) is 1. The highest BCUT2D eigenvalue weighted by Crippen LogP contribution is 2.02. The van der Waals surface area contributed by atoms with Crippen molar-refractivity contribution < 1.29 is 9.90 Å². The summed E-state index contributed by atoms with van der Waals surface area (Å²) in [5.41, 5.74) is 1.07. The fraction of sp³-hybridized carbons (Fsp3) is 0.444. The second-order valence-electron chi connectivity index (χ2n) is 2.91. The van der Waals surface area contributed by atoms with Crippen LogP contribution in [0.4, 0.5) is 0 Å². The van der Waals surface area contributed by atoms with E-state index in [1.807, 2.05) is 18.3 Å². The van der Waals surface area contributed by atoms with Crippen molar-refractivity contribution in [2.24, 2.45) is 0 Å². The van der Waals surface area contributed by atoms with Gasteiger partial charge in [-0.05, 0) is 32.0 Å². The molecule has 1 heterocycles. The molecule has 0 amide bonds. The minimum atomic E-state index is -0.797. The van der Waals surface area contributed by atoms with Crippen LogP contribution >= 0.6 is 0 Å². The highest BCUT2D eigenvalue weighted by Gasteiger charge is 2.13. The number of likely N-dealkylation sites (N-methyl/N-ethyl adjacent to an activating group) is 1. The number of hydrogen-bond donors (Lipinski definition) is 3. The highest BCUT2D eigenvalue weighted by atomic mass is 16.4. The molecular weight excluding hydrogens is 168 g/mol. The van der Waals surface area contributed by atoms with Gasteiger partial charge >= 0.3 is 5.97 Å². The Labute approximate surface area is 77.0 Å². The van der Waals surface area contributed by atoms with Crippen LogP contribution in [-0.4, -0.2) is 29.1 Å². The third kappa shape index (κ3) is 2.91. The van der Waals surface area contributed by atoms with Crippen LogP contribution in [0.2, 0.25) is 0 Å². The Hall–Kier alpha value is -1.29. The number of carboxylic acids is 1. The number of carbonyl (C=O) groups is 1. The van der Waals surface area contributed by atoms with Gasteiger partial charge in [-0.1, -0.05) is 0 Å². The van der Waals surface area contributed by atoms with E-state index in [4.69, 9.17) is 5.11 Å². The second kappa shape index (κ2) is 4.67. The number of H-pyrrole nitrogens is 1. The molecule has 1 unspecified atom stereocenters. The molecule has 13 heavy (non-hydrogen) atoms. The molecule has 4 nitrogen and oxygen atoms in total. The zero-order chi connectivity index (χ0) is 9.68. The third-order valence-corrected chi connectivity index (χ3v) is 2.01. The van der Waals surface area contributed by atoms with E-state index < -0.39 is 12.0 Å². The summed E-state index contributed by atoms with van der Waals surface area (Å²) < 4.78 is 0. The van der Waals surface area contributed by atoms with Crippen molar-refractivity contribution >= 4 is 5.97 Å². The lowest BCUT2D eigenvalue weighted by Crippen LogP contribution is -2.34.